The smallest absolute Gasteiger partial charge is 0.0323 e. The van der Waals surface area contributed by atoms with E-state index in [4.69, 9.17) is 0 Å². The Morgan fingerprint density at radius 3 is 2.21 bits per heavy atom. The van der Waals surface area contributed by atoms with Crippen LogP contribution in [0.5, 0.6) is 0 Å². The third-order valence-corrected chi connectivity index (χ3v) is 3.72. The summed E-state index contributed by atoms with van der Waals surface area (Å²) in [4.78, 5) is 0. The van der Waals surface area contributed by atoms with Crippen LogP contribution in [0.15, 0.2) is 54.6 Å². The topological polar surface area (TPSA) is 12.0 Å². The van der Waals surface area contributed by atoms with Crippen LogP contribution in [0.2, 0.25) is 0 Å². The van der Waals surface area contributed by atoms with Gasteiger partial charge in [0.25, 0.3) is 0 Å². The van der Waals surface area contributed by atoms with Crippen molar-refractivity contribution in [1.29, 1.82) is 0 Å². The quantitative estimate of drug-likeness (QED) is 0.807. The Labute approximate surface area is 116 Å². The van der Waals surface area contributed by atoms with E-state index in [0.717, 1.165) is 6.42 Å². The summed E-state index contributed by atoms with van der Waals surface area (Å²) >= 11 is 0. The van der Waals surface area contributed by atoms with Crippen molar-refractivity contribution in [3.8, 4) is 0 Å². The monoisotopic (exact) mass is 253 g/mol. The van der Waals surface area contributed by atoms with Crippen LogP contribution in [0.1, 0.15) is 49.0 Å². The predicted molar refractivity (Wildman–Crippen MR) is 82.2 cm³/mol. The first kappa shape index (κ1) is 13.8. The fourth-order valence-corrected chi connectivity index (χ4v) is 2.60. The maximum absolute atomic E-state index is 3.74. The molecule has 1 nitrogen and oxygen atoms in total. The molecule has 0 saturated heterocycles. The SMILES string of the molecule is CCC(N[C@@H](C)c1ccccc1C)c1ccccc1. The first-order chi connectivity index (χ1) is 9.22. The molecule has 0 fully saturated rings. The first-order valence-corrected chi connectivity index (χ1v) is 7.09. The molecule has 2 rings (SSSR count). The van der Waals surface area contributed by atoms with E-state index < -0.39 is 0 Å². The van der Waals surface area contributed by atoms with Crippen LogP contribution >= 0.6 is 0 Å². The highest BCUT2D eigenvalue weighted by atomic mass is 14.9. The zero-order chi connectivity index (χ0) is 13.7. The summed E-state index contributed by atoms with van der Waals surface area (Å²) in [6.07, 6.45) is 1.10. The molecule has 1 N–H and O–H groups in total. The Kier molecular flexibility index (Phi) is 4.75. The largest absolute Gasteiger partial charge is 0.303 e. The Hall–Kier alpha value is -1.60. The zero-order valence-corrected chi connectivity index (χ0v) is 12.1. The zero-order valence-electron chi connectivity index (χ0n) is 12.1. The van der Waals surface area contributed by atoms with Gasteiger partial charge in [0, 0.05) is 12.1 Å². The molecule has 1 unspecified atom stereocenters. The average molecular weight is 253 g/mol. The van der Waals surface area contributed by atoms with Crippen molar-refractivity contribution in [2.75, 3.05) is 0 Å². The summed E-state index contributed by atoms with van der Waals surface area (Å²) in [5, 5.41) is 3.74. The Bertz CT molecular complexity index is 504. The van der Waals surface area contributed by atoms with E-state index in [-0.39, 0.29) is 0 Å². The van der Waals surface area contributed by atoms with Gasteiger partial charge in [-0.15, -0.1) is 0 Å². The van der Waals surface area contributed by atoms with E-state index >= 15 is 0 Å². The van der Waals surface area contributed by atoms with Gasteiger partial charge in [0.05, 0.1) is 0 Å². The molecule has 100 valence electrons. The van der Waals surface area contributed by atoms with Gasteiger partial charge >= 0.3 is 0 Å². The van der Waals surface area contributed by atoms with E-state index in [1.165, 1.54) is 16.7 Å². The van der Waals surface area contributed by atoms with E-state index in [1.54, 1.807) is 0 Å². The van der Waals surface area contributed by atoms with Gasteiger partial charge in [-0.3, -0.25) is 0 Å². The minimum atomic E-state index is 0.367. The van der Waals surface area contributed by atoms with Crippen LogP contribution in [0.4, 0.5) is 0 Å². The van der Waals surface area contributed by atoms with Crippen LogP contribution < -0.4 is 5.32 Å². The van der Waals surface area contributed by atoms with Crippen molar-refractivity contribution in [2.24, 2.45) is 0 Å². The molecule has 0 aliphatic heterocycles. The molecular formula is C18H23N. The lowest BCUT2D eigenvalue weighted by molar-refractivity contribution is 0.455. The highest BCUT2D eigenvalue weighted by molar-refractivity contribution is 5.29. The van der Waals surface area contributed by atoms with Gasteiger partial charge < -0.3 is 5.32 Å². The fourth-order valence-electron chi connectivity index (χ4n) is 2.60. The third kappa shape index (κ3) is 3.45. The number of rotatable bonds is 5. The second kappa shape index (κ2) is 6.53. The minimum Gasteiger partial charge on any atom is -0.303 e. The van der Waals surface area contributed by atoms with Crippen molar-refractivity contribution in [3.63, 3.8) is 0 Å². The van der Waals surface area contributed by atoms with E-state index in [9.17, 15) is 0 Å². The van der Waals surface area contributed by atoms with E-state index in [1.807, 2.05) is 0 Å². The minimum absolute atomic E-state index is 0.367. The van der Waals surface area contributed by atoms with E-state index in [0.29, 0.717) is 12.1 Å². The van der Waals surface area contributed by atoms with Crippen LogP contribution in [0, 0.1) is 6.92 Å². The van der Waals surface area contributed by atoms with Gasteiger partial charge in [-0.05, 0) is 37.0 Å². The Morgan fingerprint density at radius 1 is 0.947 bits per heavy atom. The first-order valence-electron chi connectivity index (χ1n) is 7.09. The highest BCUT2D eigenvalue weighted by Gasteiger charge is 2.14. The highest BCUT2D eigenvalue weighted by Crippen LogP contribution is 2.23. The molecule has 2 aromatic carbocycles. The molecule has 2 atom stereocenters. The Balaban J connectivity index is 2.13. The number of hydrogen-bond donors (Lipinski definition) is 1. The lowest BCUT2D eigenvalue weighted by Gasteiger charge is -2.24. The van der Waals surface area contributed by atoms with Crippen molar-refractivity contribution >= 4 is 0 Å². The molecule has 0 heterocycles. The molecule has 0 aromatic heterocycles. The second-order valence-corrected chi connectivity index (χ2v) is 5.12. The lowest BCUT2D eigenvalue weighted by atomic mass is 9.99. The van der Waals surface area contributed by atoms with Gasteiger partial charge in [0.15, 0.2) is 0 Å². The molecule has 0 radical (unpaired) electrons. The molecule has 0 aliphatic rings. The molecule has 0 amide bonds. The van der Waals surface area contributed by atoms with Gasteiger partial charge in [0.1, 0.15) is 0 Å². The van der Waals surface area contributed by atoms with Crippen LogP contribution in [0.3, 0.4) is 0 Å². The van der Waals surface area contributed by atoms with Crippen LogP contribution in [0.25, 0.3) is 0 Å². The van der Waals surface area contributed by atoms with Crippen molar-refractivity contribution in [2.45, 2.75) is 39.3 Å². The van der Waals surface area contributed by atoms with Crippen molar-refractivity contribution < 1.29 is 0 Å². The van der Waals surface area contributed by atoms with Crippen LogP contribution in [-0.4, -0.2) is 0 Å². The summed E-state index contributed by atoms with van der Waals surface area (Å²) in [5.41, 5.74) is 4.10. The standard InChI is InChI=1S/C18H23N/c1-4-18(16-11-6-5-7-12-16)19-15(3)17-13-9-8-10-14(17)2/h5-13,15,18-19H,4H2,1-3H3/t15-,18?/m0/s1. The van der Waals surface area contributed by atoms with Crippen molar-refractivity contribution in [3.05, 3.63) is 71.3 Å². The molecule has 0 aliphatic carbocycles. The molecular weight excluding hydrogens is 230 g/mol. The number of benzene rings is 2. The number of nitrogens with one attached hydrogen (secondary N) is 1. The maximum Gasteiger partial charge on any atom is 0.0323 e. The van der Waals surface area contributed by atoms with Gasteiger partial charge in [-0.1, -0.05) is 61.5 Å². The van der Waals surface area contributed by atoms with Gasteiger partial charge in [-0.2, -0.15) is 0 Å². The summed E-state index contributed by atoms with van der Waals surface area (Å²) in [5.74, 6) is 0. The van der Waals surface area contributed by atoms with Gasteiger partial charge in [-0.25, -0.2) is 0 Å². The molecule has 1 heteroatoms. The number of aryl methyl sites for hydroxylation is 1. The number of hydrogen-bond acceptors (Lipinski definition) is 1. The van der Waals surface area contributed by atoms with Crippen molar-refractivity contribution in [1.82, 2.24) is 5.32 Å². The van der Waals surface area contributed by atoms with Crippen LogP contribution in [-0.2, 0) is 0 Å². The summed E-state index contributed by atoms with van der Waals surface area (Å²) in [7, 11) is 0. The average Bonchev–Trinajstić information content (AvgIpc) is 2.46. The second-order valence-electron chi connectivity index (χ2n) is 5.12. The summed E-state index contributed by atoms with van der Waals surface area (Å²) < 4.78 is 0. The maximum atomic E-state index is 3.74. The summed E-state index contributed by atoms with van der Waals surface area (Å²) in [6, 6.07) is 20.1. The third-order valence-electron chi connectivity index (χ3n) is 3.72. The Morgan fingerprint density at radius 2 is 1.58 bits per heavy atom. The molecule has 19 heavy (non-hydrogen) atoms. The normalized spacial score (nSPS) is 14.1. The molecule has 0 saturated carbocycles. The molecule has 0 spiro atoms. The predicted octanol–water partition coefficient (Wildman–Crippen LogP) is 4.80. The molecule has 0 bridgehead atoms. The lowest BCUT2D eigenvalue weighted by Crippen LogP contribution is -2.24. The van der Waals surface area contributed by atoms with E-state index in [2.05, 4.69) is 80.7 Å². The van der Waals surface area contributed by atoms with Gasteiger partial charge in [0.2, 0.25) is 0 Å². The fraction of sp³-hybridized carbons (Fsp3) is 0.333. The summed E-state index contributed by atoms with van der Waals surface area (Å²) in [6.45, 7) is 6.65. The molecule has 2 aromatic rings.